The smallest absolute Gasteiger partial charge is 0.426 e. The van der Waals surface area contributed by atoms with Gasteiger partial charge < -0.3 is 28.2 Å². The van der Waals surface area contributed by atoms with Crippen LogP contribution in [0, 0.1) is 0 Å². The second kappa shape index (κ2) is 8.76. The Labute approximate surface area is 68.9 Å². The van der Waals surface area contributed by atoms with Crippen molar-refractivity contribution in [2.24, 2.45) is 0 Å². The van der Waals surface area contributed by atoms with E-state index in [-0.39, 0.29) is 26.2 Å². The maximum Gasteiger partial charge on any atom is -0.426 e. The van der Waals surface area contributed by atoms with Crippen LogP contribution in [-0.4, -0.2) is 35.3 Å². The summed E-state index contributed by atoms with van der Waals surface area (Å²) in [6.07, 6.45) is 0. The molecule has 0 aromatic heterocycles. The molecule has 0 aromatic rings. The first-order valence-corrected chi connectivity index (χ1v) is 2.76. The minimum absolute atomic E-state index is 0. The summed E-state index contributed by atoms with van der Waals surface area (Å²) in [4.78, 5) is 34.3. The summed E-state index contributed by atoms with van der Waals surface area (Å²) in [5.41, 5.74) is 0. The standard InChI is InChI=1S/Bi.F2O.O4Si.H/c;1-3-2;1-5(2,3)4;/q+4;;-4;. The Morgan fingerprint density at radius 1 is 1.00 bits per heavy atom. The van der Waals surface area contributed by atoms with Crippen molar-refractivity contribution < 1.29 is 33.4 Å². The summed E-state index contributed by atoms with van der Waals surface area (Å²) < 4.78 is 18.2. The first-order chi connectivity index (χ1) is 3.41. The second-order valence-corrected chi connectivity index (χ2v) is 1.56. The zero-order chi connectivity index (χ0) is 7.21. The maximum absolute atomic E-state index is 9.12. The number of rotatable bonds is 0. The predicted octanol–water partition coefficient (Wildman–Crippen LogP) is -5.01. The molecule has 0 heterocycles. The Kier molecular flexibility index (Phi) is 16.0. The van der Waals surface area contributed by atoms with E-state index < -0.39 is 9.05 Å². The molecule has 0 bridgehead atoms. The largest absolute Gasteiger partial charge is 0.894 e. The summed E-state index contributed by atoms with van der Waals surface area (Å²) in [5.74, 6) is 0. The third-order valence-corrected chi connectivity index (χ3v) is 0. The molecule has 0 aliphatic heterocycles. The van der Waals surface area contributed by atoms with Gasteiger partial charge in [-0.15, -0.1) is 0 Å². The van der Waals surface area contributed by atoms with E-state index in [2.05, 4.69) is 0 Å². The van der Waals surface area contributed by atoms with Gasteiger partial charge in [0.2, 0.25) is 0 Å². The fourth-order valence-corrected chi connectivity index (χ4v) is 0. The van der Waals surface area contributed by atoms with Gasteiger partial charge in [-0.1, -0.05) is 0 Å². The van der Waals surface area contributed by atoms with Crippen LogP contribution in [0.1, 0.15) is 0 Å². The minimum atomic E-state index is -5.61. The van der Waals surface area contributed by atoms with Crippen LogP contribution >= 0.6 is 0 Å². The Morgan fingerprint density at radius 2 is 1.00 bits per heavy atom. The topological polar surface area (TPSA) is 101 Å². The van der Waals surface area contributed by atoms with Crippen molar-refractivity contribution in [2.75, 3.05) is 0 Å². The fraction of sp³-hybridized carbons (Fsp3) is 0. The van der Waals surface area contributed by atoms with Crippen LogP contribution in [0.3, 0.4) is 0 Å². The van der Waals surface area contributed by atoms with E-state index in [9.17, 15) is 0 Å². The van der Waals surface area contributed by atoms with Crippen molar-refractivity contribution in [2.45, 2.75) is 0 Å². The Balaban J connectivity index is -0.0000000800. The van der Waals surface area contributed by atoms with Crippen molar-refractivity contribution in [3.05, 3.63) is 0 Å². The quantitative estimate of drug-likeness (QED) is 0.405. The zero-order valence-electron chi connectivity index (χ0n) is 3.80. The molecular weight excluding hydrogens is 355 g/mol. The summed E-state index contributed by atoms with van der Waals surface area (Å²) >= 11 is 0. The van der Waals surface area contributed by atoms with Gasteiger partial charge in [0.25, 0.3) is 0 Å². The molecule has 0 saturated heterocycles. The molecule has 9 heavy (non-hydrogen) atoms. The molecule has 0 aromatic carbocycles. The van der Waals surface area contributed by atoms with E-state index in [1.165, 1.54) is 5.15 Å². The first kappa shape index (κ1) is 16.4. The molecule has 9 heteroatoms. The average molecular weight is 356 g/mol. The van der Waals surface area contributed by atoms with E-state index in [0.717, 1.165) is 0 Å². The van der Waals surface area contributed by atoms with Gasteiger partial charge >= 0.3 is 26.2 Å². The van der Waals surface area contributed by atoms with Gasteiger partial charge in [0.1, 0.15) is 0 Å². The van der Waals surface area contributed by atoms with Gasteiger partial charge in [0.05, 0.1) is 0 Å². The molecule has 0 aliphatic rings. The maximum atomic E-state index is 9.12. The molecule has 0 unspecified atom stereocenters. The van der Waals surface area contributed by atoms with Crippen molar-refractivity contribution in [3.63, 3.8) is 0 Å². The Hall–Kier alpha value is 0.760. The molecule has 0 rings (SSSR count). The molecule has 0 atom stereocenters. The van der Waals surface area contributed by atoms with E-state index in [1.54, 1.807) is 0 Å². The first-order valence-electron chi connectivity index (χ1n) is 1.13. The molecule has 0 amide bonds. The number of hydrogen-bond acceptors (Lipinski definition) is 5. The van der Waals surface area contributed by atoms with Crippen molar-refractivity contribution in [3.8, 4) is 0 Å². The average Bonchev–Trinajstić information content (AvgIpc) is 1.27. The second-order valence-electron chi connectivity index (χ2n) is 0.558. The molecule has 0 aliphatic carbocycles. The SMILES string of the molecule is FOF.[BiH+4].[O-][Si]([O-])([O-])[O-]. The minimum Gasteiger partial charge on any atom is -0.894 e. The predicted molar refractivity (Wildman–Crippen MR) is 16.2 cm³/mol. The zero-order valence-corrected chi connectivity index (χ0v) is 8.68. The van der Waals surface area contributed by atoms with E-state index >= 15 is 0 Å². The Bertz CT molecular complexity index is 38.7. The summed E-state index contributed by atoms with van der Waals surface area (Å²) in [6.45, 7) is 0. The van der Waals surface area contributed by atoms with E-state index in [1.807, 2.05) is 0 Å². The summed E-state index contributed by atoms with van der Waals surface area (Å²) in [5, 5.41) is 1.25. The third kappa shape index (κ3) is 693. The van der Waals surface area contributed by atoms with Crippen molar-refractivity contribution >= 4 is 35.3 Å². The van der Waals surface area contributed by atoms with E-state index in [0.29, 0.717) is 0 Å². The molecule has 5 nitrogen and oxygen atoms in total. The molecule has 54 valence electrons. The van der Waals surface area contributed by atoms with Gasteiger partial charge in [-0.05, 0) is 9.05 Å². The molecule has 0 spiro atoms. The van der Waals surface area contributed by atoms with Crippen molar-refractivity contribution in [1.29, 1.82) is 0 Å². The van der Waals surface area contributed by atoms with Gasteiger partial charge in [-0.2, -0.15) is 0 Å². The fourth-order valence-electron chi connectivity index (χ4n) is 0. The van der Waals surface area contributed by atoms with Gasteiger partial charge in [-0.3, -0.25) is 0 Å². The number of halogens is 2. The van der Waals surface area contributed by atoms with Gasteiger partial charge in [0, 0.05) is 5.15 Å². The molecule has 0 fully saturated rings. The third-order valence-electron chi connectivity index (χ3n) is 0. The van der Waals surface area contributed by atoms with Crippen molar-refractivity contribution in [1.82, 2.24) is 0 Å². The Morgan fingerprint density at radius 3 is 1.00 bits per heavy atom. The van der Waals surface area contributed by atoms with Gasteiger partial charge in [0.15, 0.2) is 0 Å². The van der Waals surface area contributed by atoms with Crippen LogP contribution in [0.5, 0.6) is 0 Å². The van der Waals surface area contributed by atoms with Crippen LogP contribution in [0.25, 0.3) is 0 Å². The van der Waals surface area contributed by atoms with Crippen LogP contribution in [-0.2, 0) is 5.15 Å². The molecule has 0 N–H and O–H groups in total. The number of hydrogen-bond donors (Lipinski definition) is 0. The van der Waals surface area contributed by atoms with Crippen LogP contribution in [0.2, 0.25) is 0 Å². The van der Waals surface area contributed by atoms with Crippen LogP contribution < -0.4 is 19.2 Å². The molecule has 0 radical (unpaired) electrons. The normalized spacial score (nSPS) is 8.67. The molecular formula is HBiF2O5Si. The monoisotopic (exact) mass is 356 g/mol. The summed E-state index contributed by atoms with van der Waals surface area (Å²) in [6, 6.07) is 0. The van der Waals surface area contributed by atoms with E-state index in [4.69, 9.17) is 28.2 Å². The van der Waals surface area contributed by atoms with Crippen LogP contribution in [0.15, 0.2) is 0 Å². The van der Waals surface area contributed by atoms with Gasteiger partial charge in [-0.25, -0.2) is 0 Å². The summed E-state index contributed by atoms with van der Waals surface area (Å²) in [7, 11) is -5.61. The molecule has 0 saturated carbocycles. The van der Waals surface area contributed by atoms with Crippen LogP contribution in [0.4, 0.5) is 9.05 Å².